The van der Waals surface area contributed by atoms with Crippen LogP contribution in [0.3, 0.4) is 0 Å². The Labute approximate surface area is 189 Å². The second kappa shape index (κ2) is 8.31. The number of aromatic nitrogens is 2. The van der Waals surface area contributed by atoms with E-state index in [9.17, 15) is 14.0 Å². The minimum atomic E-state index is -0.763. The molecule has 4 rings (SSSR count). The summed E-state index contributed by atoms with van der Waals surface area (Å²) >= 11 is 1.41. The van der Waals surface area contributed by atoms with Crippen LogP contribution in [0.15, 0.2) is 47.5 Å². The van der Waals surface area contributed by atoms with E-state index in [4.69, 9.17) is 0 Å². The molecular formula is C25H24FN3O2S. The number of halogens is 1. The number of carbonyl (C=O) groups is 1. The molecule has 0 bridgehead atoms. The first-order valence-electron chi connectivity index (χ1n) is 10.3. The number of nitrogens with zero attached hydrogens (tertiary/aromatic N) is 2. The summed E-state index contributed by atoms with van der Waals surface area (Å²) in [5.41, 5.74) is 5.00. The normalized spacial score (nSPS) is 12.2. The molecule has 4 aromatic rings. The van der Waals surface area contributed by atoms with Gasteiger partial charge in [-0.25, -0.2) is 9.37 Å². The van der Waals surface area contributed by atoms with E-state index in [1.807, 2.05) is 39.8 Å². The monoisotopic (exact) mass is 449 g/mol. The number of hydrogen-bond acceptors (Lipinski definition) is 4. The van der Waals surface area contributed by atoms with Crippen molar-refractivity contribution < 1.29 is 9.18 Å². The Bertz CT molecular complexity index is 1380. The van der Waals surface area contributed by atoms with Gasteiger partial charge in [-0.15, -0.1) is 11.3 Å². The molecule has 32 heavy (non-hydrogen) atoms. The summed E-state index contributed by atoms with van der Waals surface area (Å²) in [7, 11) is 0. The zero-order chi connectivity index (χ0) is 23.2. The Morgan fingerprint density at radius 2 is 1.72 bits per heavy atom. The maximum atomic E-state index is 13.5. The van der Waals surface area contributed by atoms with E-state index in [0.717, 1.165) is 38.4 Å². The summed E-state index contributed by atoms with van der Waals surface area (Å²) in [6.07, 6.45) is 1.42. The van der Waals surface area contributed by atoms with E-state index in [1.165, 1.54) is 34.4 Å². The first kappa shape index (κ1) is 21.9. The van der Waals surface area contributed by atoms with Crippen LogP contribution in [0.5, 0.6) is 0 Å². The van der Waals surface area contributed by atoms with Crippen LogP contribution in [0.2, 0.25) is 0 Å². The highest BCUT2D eigenvalue weighted by atomic mass is 32.1. The fraction of sp³-hybridized carbons (Fsp3) is 0.240. The topological polar surface area (TPSA) is 64.0 Å². The van der Waals surface area contributed by atoms with Crippen molar-refractivity contribution in [3.8, 4) is 11.1 Å². The lowest BCUT2D eigenvalue weighted by atomic mass is 10.0. The molecule has 0 spiro atoms. The molecule has 0 radical (unpaired) electrons. The van der Waals surface area contributed by atoms with E-state index in [1.54, 1.807) is 19.1 Å². The first-order chi connectivity index (χ1) is 15.2. The number of nitrogens with one attached hydrogen (secondary N) is 1. The third-order valence-corrected chi connectivity index (χ3v) is 6.68. The van der Waals surface area contributed by atoms with Gasteiger partial charge in [0.05, 0.1) is 11.7 Å². The van der Waals surface area contributed by atoms with Crippen molar-refractivity contribution in [2.75, 3.05) is 5.32 Å². The fourth-order valence-corrected chi connectivity index (χ4v) is 5.09. The summed E-state index contributed by atoms with van der Waals surface area (Å²) in [5, 5.41) is 3.42. The Balaban J connectivity index is 1.76. The molecule has 5 nitrogen and oxygen atoms in total. The van der Waals surface area contributed by atoms with Crippen molar-refractivity contribution in [2.45, 2.75) is 40.7 Å². The Morgan fingerprint density at radius 3 is 2.34 bits per heavy atom. The van der Waals surface area contributed by atoms with E-state index in [-0.39, 0.29) is 17.3 Å². The number of rotatable bonds is 4. The summed E-state index contributed by atoms with van der Waals surface area (Å²) in [6, 6.07) is 9.30. The number of aryl methyl sites for hydroxylation is 4. The number of fused-ring (bicyclic) bond motifs is 1. The lowest BCUT2D eigenvalue weighted by molar-refractivity contribution is -0.118. The predicted molar refractivity (Wildman–Crippen MR) is 128 cm³/mol. The zero-order valence-electron chi connectivity index (χ0n) is 18.6. The van der Waals surface area contributed by atoms with Crippen LogP contribution in [0.25, 0.3) is 21.3 Å². The molecule has 0 saturated carbocycles. The van der Waals surface area contributed by atoms with Gasteiger partial charge in [0.2, 0.25) is 5.91 Å². The van der Waals surface area contributed by atoms with Crippen LogP contribution in [-0.4, -0.2) is 15.5 Å². The van der Waals surface area contributed by atoms with E-state index >= 15 is 0 Å². The standard InChI is InChI=1S/C25H24FN3O2S/c1-13-10-14(2)22(15(3)11-13)28-23(30)16(4)29-12-27-24-21(25(29)31)20(17(5)32-24)18-6-8-19(26)9-7-18/h6-12,16H,1-5H3,(H,28,30). The van der Waals surface area contributed by atoms with E-state index in [0.29, 0.717) is 10.2 Å². The lowest BCUT2D eigenvalue weighted by Gasteiger charge is -2.18. The third kappa shape index (κ3) is 3.84. The molecule has 0 aliphatic carbocycles. The number of carbonyl (C=O) groups excluding carboxylic acids is 1. The highest BCUT2D eigenvalue weighted by molar-refractivity contribution is 7.19. The summed E-state index contributed by atoms with van der Waals surface area (Å²) < 4.78 is 14.8. The lowest BCUT2D eigenvalue weighted by Crippen LogP contribution is -2.32. The van der Waals surface area contributed by atoms with Crippen molar-refractivity contribution in [3.05, 3.63) is 80.5 Å². The molecule has 0 fully saturated rings. The number of benzene rings is 2. The van der Waals surface area contributed by atoms with Crippen molar-refractivity contribution in [1.29, 1.82) is 0 Å². The first-order valence-corrected chi connectivity index (χ1v) is 11.1. The highest BCUT2D eigenvalue weighted by Gasteiger charge is 2.22. The van der Waals surface area contributed by atoms with Gasteiger partial charge in [-0.1, -0.05) is 29.8 Å². The van der Waals surface area contributed by atoms with E-state index < -0.39 is 6.04 Å². The number of thiophene rings is 1. The second-order valence-corrected chi connectivity index (χ2v) is 9.32. The predicted octanol–water partition coefficient (Wildman–Crippen LogP) is 5.70. The van der Waals surface area contributed by atoms with Gasteiger partial charge in [0.15, 0.2) is 0 Å². The van der Waals surface area contributed by atoms with Gasteiger partial charge >= 0.3 is 0 Å². The van der Waals surface area contributed by atoms with Crippen LogP contribution in [0.1, 0.15) is 34.5 Å². The average molecular weight is 450 g/mol. The van der Waals surface area contributed by atoms with Crippen LogP contribution in [-0.2, 0) is 4.79 Å². The van der Waals surface area contributed by atoms with Gasteiger partial charge in [-0.2, -0.15) is 0 Å². The van der Waals surface area contributed by atoms with Crippen LogP contribution < -0.4 is 10.9 Å². The molecule has 2 aromatic heterocycles. The molecule has 164 valence electrons. The molecule has 1 unspecified atom stereocenters. The number of hydrogen-bond donors (Lipinski definition) is 1. The maximum absolute atomic E-state index is 13.5. The summed E-state index contributed by atoms with van der Waals surface area (Å²) in [4.78, 5) is 32.5. The van der Waals surface area contributed by atoms with Gasteiger partial charge in [0.25, 0.3) is 5.56 Å². The molecular weight excluding hydrogens is 425 g/mol. The summed E-state index contributed by atoms with van der Waals surface area (Å²) in [6.45, 7) is 9.50. The largest absolute Gasteiger partial charge is 0.324 e. The van der Waals surface area contributed by atoms with Crippen molar-refractivity contribution in [3.63, 3.8) is 0 Å². The van der Waals surface area contributed by atoms with Crippen molar-refractivity contribution in [2.24, 2.45) is 0 Å². The number of amides is 1. The van der Waals surface area contributed by atoms with Crippen molar-refractivity contribution >= 4 is 33.1 Å². The maximum Gasteiger partial charge on any atom is 0.263 e. The van der Waals surface area contributed by atoms with Gasteiger partial charge in [-0.3, -0.25) is 14.2 Å². The molecule has 1 amide bonds. The molecule has 1 atom stereocenters. The molecule has 1 N–H and O–H groups in total. The highest BCUT2D eigenvalue weighted by Crippen LogP contribution is 2.35. The fourth-order valence-electron chi connectivity index (χ4n) is 4.09. The Kier molecular flexibility index (Phi) is 5.69. The third-order valence-electron chi connectivity index (χ3n) is 5.67. The Morgan fingerprint density at radius 1 is 1.09 bits per heavy atom. The molecule has 0 saturated heterocycles. The van der Waals surface area contributed by atoms with Gasteiger partial charge in [-0.05, 0) is 63.4 Å². The van der Waals surface area contributed by atoms with Crippen LogP contribution >= 0.6 is 11.3 Å². The molecule has 2 heterocycles. The quantitative estimate of drug-likeness (QED) is 0.435. The van der Waals surface area contributed by atoms with Gasteiger partial charge < -0.3 is 5.32 Å². The zero-order valence-corrected chi connectivity index (χ0v) is 19.4. The molecule has 0 aliphatic heterocycles. The smallest absolute Gasteiger partial charge is 0.263 e. The minimum absolute atomic E-state index is 0.293. The minimum Gasteiger partial charge on any atom is -0.324 e. The Hall–Kier alpha value is -3.32. The van der Waals surface area contributed by atoms with Gasteiger partial charge in [0.1, 0.15) is 16.7 Å². The number of anilines is 1. The summed E-state index contributed by atoms with van der Waals surface area (Å²) in [5.74, 6) is -0.632. The second-order valence-electron chi connectivity index (χ2n) is 8.12. The molecule has 7 heteroatoms. The molecule has 2 aromatic carbocycles. The van der Waals surface area contributed by atoms with Gasteiger partial charge in [0, 0.05) is 16.1 Å². The SMILES string of the molecule is Cc1cc(C)c(NC(=O)C(C)n2cnc3sc(C)c(-c4ccc(F)cc4)c3c2=O)c(C)c1. The average Bonchev–Trinajstić information content (AvgIpc) is 3.07. The van der Waals surface area contributed by atoms with Crippen LogP contribution in [0.4, 0.5) is 10.1 Å². The van der Waals surface area contributed by atoms with E-state index in [2.05, 4.69) is 10.3 Å². The van der Waals surface area contributed by atoms with Crippen LogP contribution in [0, 0.1) is 33.5 Å². The molecule has 0 aliphatic rings. The van der Waals surface area contributed by atoms with Crippen molar-refractivity contribution in [1.82, 2.24) is 9.55 Å².